The molecule has 1 aromatic carbocycles. The van der Waals surface area contributed by atoms with Gasteiger partial charge in [-0.05, 0) is 30.9 Å². The number of carbonyl (C=O) groups is 1. The Morgan fingerprint density at radius 2 is 2.30 bits per heavy atom. The highest BCUT2D eigenvalue weighted by Gasteiger charge is 2.33. The first-order valence-corrected chi connectivity index (χ1v) is 7.12. The van der Waals surface area contributed by atoms with Crippen LogP contribution >= 0.6 is 0 Å². The second-order valence-electron chi connectivity index (χ2n) is 5.46. The lowest BCUT2D eigenvalue weighted by Gasteiger charge is -2.39. The smallest absolute Gasteiger partial charge is 0.258 e. The number of rotatable bonds is 2. The van der Waals surface area contributed by atoms with Crippen LogP contribution in [0.1, 0.15) is 30.1 Å². The Labute approximate surface area is 118 Å². The van der Waals surface area contributed by atoms with Gasteiger partial charge in [-0.3, -0.25) is 4.79 Å². The second-order valence-corrected chi connectivity index (χ2v) is 5.46. The van der Waals surface area contributed by atoms with Gasteiger partial charge in [-0.25, -0.2) is 0 Å². The number of benzene rings is 1. The molecule has 2 atom stereocenters. The van der Waals surface area contributed by atoms with Gasteiger partial charge in [0.25, 0.3) is 5.91 Å². The van der Waals surface area contributed by atoms with Crippen molar-refractivity contribution in [2.45, 2.75) is 25.8 Å². The maximum atomic E-state index is 12.8. The first-order valence-electron chi connectivity index (χ1n) is 7.12. The minimum absolute atomic E-state index is 0.00523. The molecule has 0 aromatic heterocycles. The fourth-order valence-electron chi connectivity index (χ4n) is 3.11. The topological polar surface area (TPSA) is 64.8 Å². The summed E-state index contributed by atoms with van der Waals surface area (Å²) in [5, 5.41) is 0. The molecule has 1 amide bonds. The van der Waals surface area contributed by atoms with Crippen molar-refractivity contribution in [3.63, 3.8) is 0 Å². The molecule has 0 radical (unpaired) electrons. The van der Waals surface area contributed by atoms with Gasteiger partial charge in [-0.1, -0.05) is 13.0 Å². The van der Waals surface area contributed by atoms with Crippen molar-refractivity contribution in [2.24, 2.45) is 11.7 Å². The molecule has 108 valence electrons. The Hall–Kier alpha value is -1.75. The van der Waals surface area contributed by atoms with E-state index in [-0.39, 0.29) is 18.7 Å². The van der Waals surface area contributed by atoms with E-state index in [1.807, 2.05) is 17.0 Å². The van der Waals surface area contributed by atoms with E-state index in [4.69, 9.17) is 15.2 Å². The number of nitrogens with two attached hydrogens (primary N) is 1. The Kier molecular flexibility index (Phi) is 3.53. The lowest BCUT2D eigenvalue weighted by Crippen LogP contribution is -2.51. The number of carbonyl (C=O) groups excluding carboxylic acids is 1. The largest absolute Gasteiger partial charge is 0.454 e. The Morgan fingerprint density at radius 3 is 3.10 bits per heavy atom. The van der Waals surface area contributed by atoms with Gasteiger partial charge in [0.1, 0.15) is 0 Å². The third-order valence-electron chi connectivity index (χ3n) is 4.25. The summed E-state index contributed by atoms with van der Waals surface area (Å²) in [6.07, 6.45) is 2.15. The molecule has 0 bridgehead atoms. The van der Waals surface area contributed by atoms with Gasteiger partial charge in [-0.15, -0.1) is 0 Å². The first-order chi connectivity index (χ1) is 9.72. The Morgan fingerprint density at radius 1 is 1.45 bits per heavy atom. The highest BCUT2D eigenvalue weighted by atomic mass is 16.7. The van der Waals surface area contributed by atoms with Gasteiger partial charge in [0.15, 0.2) is 11.5 Å². The minimum Gasteiger partial charge on any atom is -0.454 e. The zero-order valence-corrected chi connectivity index (χ0v) is 11.7. The summed E-state index contributed by atoms with van der Waals surface area (Å²) in [7, 11) is 0. The molecule has 1 fully saturated rings. The molecule has 5 heteroatoms. The third-order valence-corrected chi connectivity index (χ3v) is 4.25. The van der Waals surface area contributed by atoms with Crippen LogP contribution in [-0.2, 0) is 0 Å². The summed E-state index contributed by atoms with van der Waals surface area (Å²) in [5.41, 5.74) is 6.44. The number of piperidine rings is 1. The maximum Gasteiger partial charge on any atom is 0.258 e. The fourth-order valence-corrected chi connectivity index (χ4v) is 3.11. The number of ether oxygens (including phenoxy) is 2. The van der Waals surface area contributed by atoms with Crippen molar-refractivity contribution in [2.75, 3.05) is 19.9 Å². The van der Waals surface area contributed by atoms with Crippen LogP contribution in [0, 0.1) is 5.92 Å². The molecule has 0 spiro atoms. The third kappa shape index (κ3) is 2.12. The predicted octanol–water partition coefficient (Wildman–Crippen LogP) is 1.61. The summed E-state index contributed by atoms with van der Waals surface area (Å²) in [5.74, 6) is 1.64. The van der Waals surface area contributed by atoms with Crippen LogP contribution in [0.3, 0.4) is 0 Å². The summed E-state index contributed by atoms with van der Waals surface area (Å²) in [6.45, 7) is 3.59. The molecule has 2 heterocycles. The molecule has 20 heavy (non-hydrogen) atoms. The first kappa shape index (κ1) is 13.2. The molecule has 0 aliphatic carbocycles. The van der Waals surface area contributed by atoms with Crippen LogP contribution in [0.5, 0.6) is 11.5 Å². The number of hydrogen-bond acceptors (Lipinski definition) is 4. The number of para-hydroxylation sites is 1. The van der Waals surface area contributed by atoms with Crippen molar-refractivity contribution in [3.8, 4) is 11.5 Å². The minimum atomic E-state index is -0.00523. The molecular weight excluding hydrogens is 256 g/mol. The Bertz CT molecular complexity index is 518. The van der Waals surface area contributed by atoms with Crippen LogP contribution in [0.15, 0.2) is 18.2 Å². The second kappa shape index (κ2) is 5.32. The van der Waals surface area contributed by atoms with Gasteiger partial charge in [0.05, 0.1) is 5.56 Å². The van der Waals surface area contributed by atoms with Crippen LogP contribution in [0.2, 0.25) is 0 Å². The van der Waals surface area contributed by atoms with E-state index in [1.54, 1.807) is 6.07 Å². The highest BCUT2D eigenvalue weighted by Crippen LogP contribution is 2.37. The lowest BCUT2D eigenvalue weighted by atomic mass is 9.90. The van der Waals surface area contributed by atoms with Crippen molar-refractivity contribution in [1.29, 1.82) is 0 Å². The quantitative estimate of drug-likeness (QED) is 0.891. The van der Waals surface area contributed by atoms with Gasteiger partial charge < -0.3 is 20.1 Å². The van der Waals surface area contributed by atoms with Crippen molar-refractivity contribution in [1.82, 2.24) is 4.90 Å². The number of hydrogen-bond donors (Lipinski definition) is 1. The molecule has 2 aliphatic heterocycles. The molecule has 0 unspecified atom stereocenters. The van der Waals surface area contributed by atoms with E-state index in [0.29, 0.717) is 29.5 Å². The van der Waals surface area contributed by atoms with Crippen molar-refractivity contribution < 1.29 is 14.3 Å². The summed E-state index contributed by atoms with van der Waals surface area (Å²) in [6, 6.07) is 5.54. The predicted molar refractivity (Wildman–Crippen MR) is 74.8 cm³/mol. The zero-order chi connectivity index (χ0) is 14.1. The molecule has 5 nitrogen and oxygen atoms in total. The number of amides is 1. The average Bonchev–Trinajstić information content (AvgIpc) is 2.94. The van der Waals surface area contributed by atoms with E-state index in [0.717, 1.165) is 19.4 Å². The maximum absolute atomic E-state index is 12.8. The average molecular weight is 276 g/mol. The van der Waals surface area contributed by atoms with E-state index in [2.05, 4.69) is 6.92 Å². The van der Waals surface area contributed by atoms with Gasteiger partial charge in [0.2, 0.25) is 6.79 Å². The zero-order valence-electron chi connectivity index (χ0n) is 11.7. The summed E-state index contributed by atoms with van der Waals surface area (Å²) in [4.78, 5) is 14.7. The highest BCUT2D eigenvalue weighted by molar-refractivity contribution is 5.98. The molecular formula is C15H20N2O3. The van der Waals surface area contributed by atoms with Crippen molar-refractivity contribution in [3.05, 3.63) is 23.8 Å². The van der Waals surface area contributed by atoms with E-state index in [9.17, 15) is 4.79 Å². The number of fused-ring (bicyclic) bond motifs is 1. The summed E-state index contributed by atoms with van der Waals surface area (Å²) < 4.78 is 10.8. The summed E-state index contributed by atoms with van der Waals surface area (Å²) >= 11 is 0. The van der Waals surface area contributed by atoms with Crippen LogP contribution in [0.4, 0.5) is 0 Å². The molecule has 1 aromatic rings. The lowest BCUT2D eigenvalue weighted by molar-refractivity contribution is 0.0528. The fraction of sp³-hybridized carbons (Fsp3) is 0.533. The van der Waals surface area contributed by atoms with Crippen LogP contribution < -0.4 is 15.2 Å². The normalized spacial score (nSPS) is 24.8. The molecule has 2 aliphatic rings. The van der Waals surface area contributed by atoms with Crippen LogP contribution in [0.25, 0.3) is 0 Å². The number of nitrogens with zero attached hydrogens (tertiary/aromatic N) is 1. The van der Waals surface area contributed by atoms with Gasteiger partial charge >= 0.3 is 0 Å². The standard InChI is InChI=1S/C15H20N2O3/c1-10-4-3-7-17(12(10)8-16)15(18)11-5-2-6-13-14(11)20-9-19-13/h2,5-6,10,12H,3-4,7-9,16H2,1H3/t10-,12+/m0/s1. The van der Waals surface area contributed by atoms with Crippen LogP contribution in [-0.4, -0.2) is 36.7 Å². The van der Waals surface area contributed by atoms with Gasteiger partial charge in [-0.2, -0.15) is 0 Å². The van der Waals surface area contributed by atoms with E-state index >= 15 is 0 Å². The van der Waals surface area contributed by atoms with E-state index < -0.39 is 0 Å². The SMILES string of the molecule is C[C@H]1CCCN(C(=O)c2cccc3c2OCO3)[C@@H]1CN. The van der Waals surface area contributed by atoms with E-state index in [1.165, 1.54) is 0 Å². The van der Waals surface area contributed by atoms with Crippen molar-refractivity contribution >= 4 is 5.91 Å². The Balaban J connectivity index is 1.90. The number of likely N-dealkylation sites (tertiary alicyclic amines) is 1. The molecule has 0 saturated carbocycles. The molecule has 1 saturated heterocycles. The van der Waals surface area contributed by atoms with Gasteiger partial charge in [0, 0.05) is 19.1 Å². The molecule has 2 N–H and O–H groups in total. The molecule has 3 rings (SSSR count). The monoisotopic (exact) mass is 276 g/mol.